The van der Waals surface area contributed by atoms with E-state index < -0.39 is 6.04 Å². The quantitative estimate of drug-likeness (QED) is 0.656. The summed E-state index contributed by atoms with van der Waals surface area (Å²) in [7, 11) is 3.72. The fourth-order valence-electron chi connectivity index (χ4n) is 2.80. The van der Waals surface area contributed by atoms with Crippen molar-refractivity contribution >= 4 is 17.5 Å². The van der Waals surface area contributed by atoms with Gasteiger partial charge in [-0.3, -0.25) is 4.79 Å². The topological polar surface area (TPSA) is 93.8 Å². The van der Waals surface area contributed by atoms with Crippen LogP contribution in [0.15, 0.2) is 49.1 Å². The number of hydrogen-bond acceptors (Lipinski definition) is 4. The van der Waals surface area contributed by atoms with Crippen molar-refractivity contribution < 1.29 is 9.59 Å². The molecule has 0 unspecified atom stereocenters. The second kappa shape index (κ2) is 7.86. The fraction of sp³-hybridized carbons (Fsp3) is 0.263. The van der Waals surface area contributed by atoms with Crippen LogP contribution in [0, 0.1) is 0 Å². The van der Waals surface area contributed by atoms with Gasteiger partial charge >= 0.3 is 6.03 Å². The monoisotopic (exact) mass is 366 g/mol. The number of hydrogen-bond donors (Lipinski definition) is 2. The fourth-order valence-corrected chi connectivity index (χ4v) is 2.80. The molecule has 2 heterocycles. The number of carbonyl (C=O) groups excluding carboxylic acids is 2. The molecule has 0 saturated heterocycles. The Kier molecular flexibility index (Phi) is 5.35. The molecule has 0 bridgehead atoms. The minimum Gasteiger partial charge on any atom is -0.336 e. The van der Waals surface area contributed by atoms with Crippen molar-refractivity contribution in [3.8, 4) is 0 Å². The maximum absolute atomic E-state index is 12.5. The van der Waals surface area contributed by atoms with E-state index in [0.29, 0.717) is 29.3 Å². The van der Waals surface area contributed by atoms with Gasteiger partial charge in [0.2, 0.25) is 0 Å². The Hall–Kier alpha value is -3.42. The van der Waals surface area contributed by atoms with Crippen molar-refractivity contribution in [3.63, 3.8) is 0 Å². The van der Waals surface area contributed by atoms with Crippen LogP contribution in [0.25, 0.3) is 0 Å². The lowest BCUT2D eigenvalue weighted by molar-refractivity contribution is 0.0988. The molecule has 2 amide bonds. The van der Waals surface area contributed by atoms with Crippen molar-refractivity contribution in [1.29, 1.82) is 0 Å². The molecule has 3 rings (SSSR count). The Balaban J connectivity index is 1.76. The van der Waals surface area contributed by atoms with Crippen molar-refractivity contribution in [1.82, 2.24) is 24.4 Å². The third-order valence-electron chi connectivity index (χ3n) is 4.29. The van der Waals surface area contributed by atoms with Crippen molar-refractivity contribution in [2.24, 2.45) is 14.1 Å². The predicted octanol–water partition coefficient (Wildman–Crippen LogP) is 2.66. The summed E-state index contributed by atoms with van der Waals surface area (Å²) in [5, 5.41) is 5.70. The molecule has 0 aliphatic rings. The highest BCUT2D eigenvalue weighted by Crippen LogP contribution is 2.19. The van der Waals surface area contributed by atoms with Gasteiger partial charge in [0.1, 0.15) is 17.7 Å². The largest absolute Gasteiger partial charge is 0.336 e. The molecular formula is C19H22N6O2. The first kappa shape index (κ1) is 18.4. The summed E-state index contributed by atoms with van der Waals surface area (Å²) in [6.07, 6.45) is 7.42. The summed E-state index contributed by atoms with van der Waals surface area (Å²) in [5.41, 5.74) is 1.22. The second-order valence-electron chi connectivity index (χ2n) is 6.18. The van der Waals surface area contributed by atoms with E-state index in [0.717, 1.165) is 0 Å². The maximum atomic E-state index is 12.5. The number of ketones is 1. The Morgan fingerprint density at radius 1 is 1.00 bits per heavy atom. The third kappa shape index (κ3) is 4.05. The highest BCUT2D eigenvalue weighted by Gasteiger charge is 2.24. The van der Waals surface area contributed by atoms with Crippen LogP contribution < -0.4 is 10.6 Å². The van der Waals surface area contributed by atoms with E-state index in [1.54, 1.807) is 36.7 Å². The summed E-state index contributed by atoms with van der Waals surface area (Å²) in [6, 6.07) is 5.93. The number of aryl methyl sites for hydroxylation is 2. The minimum absolute atomic E-state index is 0.0654. The molecule has 0 saturated carbocycles. The van der Waals surface area contributed by atoms with Crippen molar-refractivity contribution in [2.75, 3.05) is 5.32 Å². The van der Waals surface area contributed by atoms with E-state index >= 15 is 0 Å². The van der Waals surface area contributed by atoms with Gasteiger partial charge in [0.05, 0.1) is 0 Å². The maximum Gasteiger partial charge on any atom is 0.320 e. The average Bonchev–Trinajstić information content (AvgIpc) is 3.28. The molecule has 0 fully saturated rings. The van der Waals surface area contributed by atoms with Crippen LogP contribution in [-0.4, -0.2) is 30.9 Å². The number of carbonyl (C=O) groups is 2. The smallest absolute Gasteiger partial charge is 0.320 e. The van der Waals surface area contributed by atoms with E-state index in [4.69, 9.17) is 0 Å². The van der Waals surface area contributed by atoms with Crippen molar-refractivity contribution in [2.45, 2.75) is 19.4 Å². The Morgan fingerprint density at radius 3 is 2.00 bits per heavy atom. The molecule has 0 aliphatic heterocycles. The highest BCUT2D eigenvalue weighted by molar-refractivity contribution is 5.96. The number of Topliss-reactive ketones (excluding diaryl/α,β-unsaturated/α-hetero) is 1. The van der Waals surface area contributed by atoms with Gasteiger partial charge in [0.25, 0.3) is 0 Å². The summed E-state index contributed by atoms with van der Waals surface area (Å²) < 4.78 is 3.68. The molecule has 3 aromatic rings. The Morgan fingerprint density at radius 2 is 1.56 bits per heavy atom. The van der Waals surface area contributed by atoms with E-state index in [2.05, 4.69) is 20.6 Å². The molecule has 0 radical (unpaired) electrons. The van der Waals surface area contributed by atoms with Crippen LogP contribution in [0.5, 0.6) is 0 Å². The van der Waals surface area contributed by atoms with Gasteiger partial charge in [-0.1, -0.05) is 6.92 Å². The highest BCUT2D eigenvalue weighted by atomic mass is 16.2. The van der Waals surface area contributed by atoms with Crippen LogP contribution in [0.1, 0.15) is 41.4 Å². The number of amides is 2. The standard InChI is InChI=1S/C19H22N6O2/c1-4-15(26)13-5-7-14(8-6-13)22-19(27)23-16(17-20-9-11-24(17)2)18-21-10-12-25(18)3/h5-12,16H,4H2,1-3H3,(H2,22,23,27). The van der Waals surface area contributed by atoms with Gasteiger partial charge in [0.15, 0.2) is 5.78 Å². The zero-order valence-corrected chi connectivity index (χ0v) is 15.5. The van der Waals surface area contributed by atoms with Crippen molar-refractivity contribution in [3.05, 3.63) is 66.3 Å². The normalized spacial score (nSPS) is 10.8. The molecule has 140 valence electrons. The van der Waals surface area contributed by atoms with E-state index in [1.807, 2.05) is 42.5 Å². The van der Waals surface area contributed by atoms with E-state index in [1.165, 1.54) is 0 Å². The number of urea groups is 1. The van der Waals surface area contributed by atoms with Gasteiger partial charge in [-0.2, -0.15) is 0 Å². The lowest BCUT2D eigenvalue weighted by atomic mass is 10.1. The van der Waals surface area contributed by atoms with Crippen LogP contribution in [-0.2, 0) is 14.1 Å². The molecule has 0 spiro atoms. The molecule has 27 heavy (non-hydrogen) atoms. The van der Waals surface area contributed by atoms with Gasteiger partial charge in [-0.25, -0.2) is 14.8 Å². The lowest BCUT2D eigenvalue weighted by Gasteiger charge is -2.19. The number of aromatic nitrogens is 4. The average molecular weight is 366 g/mol. The first-order valence-electron chi connectivity index (χ1n) is 8.64. The third-order valence-corrected chi connectivity index (χ3v) is 4.29. The first-order chi connectivity index (χ1) is 13.0. The molecule has 0 aliphatic carbocycles. The van der Waals surface area contributed by atoms with Gasteiger partial charge in [-0.15, -0.1) is 0 Å². The molecule has 0 atom stereocenters. The SMILES string of the molecule is CCC(=O)c1ccc(NC(=O)NC(c2nccn2C)c2nccn2C)cc1. The molecule has 1 aromatic carbocycles. The first-order valence-corrected chi connectivity index (χ1v) is 8.64. The molecular weight excluding hydrogens is 344 g/mol. The van der Waals surface area contributed by atoms with Gasteiger partial charge in [-0.05, 0) is 24.3 Å². The number of benzene rings is 1. The molecule has 8 heteroatoms. The predicted molar refractivity (Wildman–Crippen MR) is 101 cm³/mol. The molecule has 2 N–H and O–H groups in total. The zero-order valence-electron chi connectivity index (χ0n) is 15.5. The number of nitrogens with one attached hydrogen (secondary N) is 2. The van der Waals surface area contributed by atoms with Crippen LogP contribution in [0.4, 0.5) is 10.5 Å². The van der Waals surface area contributed by atoms with Crippen LogP contribution >= 0.6 is 0 Å². The van der Waals surface area contributed by atoms with Crippen LogP contribution in [0.2, 0.25) is 0 Å². The number of anilines is 1. The van der Waals surface area contributed by atoms with Gasteiger partial charge in [0, 0.05) is 56.6 Å². The summed E-state index contributed by atoms with van der Waals surface area (Å²) in [5.74, 6) is 1.40. The van der Waals surface area contributed by atoms with Gasteiger partial charge < -0.3 is 19.8 Å². The minimum atomic E-state index is -0.508. The molecule has 8 nitrogen and oxygen atoms in total. The number of nitrogens with zero attached hydrogens (tertiary/aromatic N) is 4. The molecule has 2 aromatic heterocycles. The van der Waals surface area contributed by atoms with E-state index in [9.17, 15) is 9.59 Å². The Bertz CT molecular complexity index is 901. The van der Waals surface area contributed by atoms with E-state index in [-0.39, 0.29) is 11.8 Å². The number of imidazole rings is 2. The Labute approximate surface area is 157 Å². The summed E-state index contributed by atoms with van der Waals surface area (Å²) >= 11 is 0. The number of rotatable bonds is 6. The summed E-state index contributed by atoms with van der Waals surface area (Å²) in [6.45, 7) is 1.82. The van der Waals surface area contributed by atoms with Crippen LogP contribution in [0.3, 0.4) is 0 Å². The second-order valence-corrected chi connectivity index (χ2v) is 6.18. The zero-order chi connectivity index (χ0) is 19.4. The summed E-state index contributed by atoms with van der Waals surface area (Å²) in [4.78, 5) is 32.9. The lowest BCUT2D eigenvalue weighted by Crippen LogP contribution is -2.35.